The van der Waals surface area contributed by atoms with Crippen molar-refractivity contribution in [1.82, 2.24) is 4.90 Å². The molecule has 0 aliphatic heterocycles. The number of amides is 2. The smallest absolute Gasteiger partial charge is 0.262 e. The maximum Gasteiger partial charge on any atom is 0.262 e. The fraction of sp³-hybridized carbons (Fsp3) is 0.455. The highest BCUT2D eigenvalue weighted by Crippen LogP contribution is 2.33. The summed E-state index contributed by atoms with van der Waals surface area (Å²) in [5, 5.41) is 14.4. The number of fused-ring (bicyclic) bond motifs is 1. The zero-order chi connectivity index (χ0) is 30.7. The van der Waals surface area contributed by atoms with Crippen LogP contribution >= 0.6 is 0 Å². The molecule has 0 aliphatic rings. The van der Waals surface area contributed by atoms with E-state index in [0.717, 1.165) is 19.3 Å². The molecule has 0 saturated carbocycles. The van der Waals surface area contributed by atoms with Gasteiger partial charge < -0.3 is 15.3 Å². The molecule has 0 radical (unpaired) electrons. The lowest BCUT2D eigenvalue weighted by Crippen LogP contribution is -2.22. The van der Waals surface area contributed by atoms with Crippen molar-refractivity contribution >= 4 is 44.0 Å². The van der Waals surface area contributed by atoms with E-state index >= 15 is 0 Å². The number of nitrogens with zero attached hydrogens (tertiary/aromatic N) is 1. The predicted octanol–water partition coefficient (Wildman–Crippen LogP) is 7.61. The molecule has 0 heterocycles. The molecule has 0 aliphatic carbocycles. The number of sulfonamides is 1. The van der Waals surface area contributed by atoms with Gasteiger partial charge in [0, 0.05) is 31.6 Å². The summed E-state index contributed by atoms with van der Waals surface area (Å²) in [6.07, 6.45) is 12.2. The average molecular weight is 596 g/mol. The lowest BCUT2D eigenvalue weighted by atomic mass is 10.1. The van der Waals surface area contributed by atoms with E-state index in [1.54, 1.807) is 51.4 Å². The van der Waals surface area contributed by atoms with Gasteiger partial charge in [-0.25, -0.2) is 8.42 Å². The first-order chi connectivity index (χ1) is 20.0. The molecule has 3 N–H and O–H groups in total. The fourth-order valence-electron chi connectivity index (χ4n) is 5.07. The molecule has 3 rings (SSSR count). The number of aromatic hydroxyl groups is 1. The Morgan fingerprint density at radius 2 is 1.45 bits per heavy atom. The van der Waals surface area contributed by atoms with Crippen LogP contribution < -0.4 is 10.0 Å². The van der Waals surface area contributed by atoms with E-state index in [-0.39, 0.29) is 27.8 Å². The molecule has 0 saturated heterocycles. The molecule has 8 nitrogen and oxygen atoms in total. The lowest BCUT2D eigenvalue weighted by molar-refractivity contribution is -0.116. The molecule has 0 unspecified atom stereocenters. The maximum atomic E-state index is 13.7. The molecule has 3 aromatic rings. The van der Waals surface area contributed by atoms with Crippen LogP contribution in [0.5, 0.6) is 5.75 Å². The molecule has 0 atom stereocenters. The Hall–Kier alpha value is -3.59. The number of carbonyl (C=O) groups excluding carboxylic acids is 2. The van der Waals surface area contributed by atoms with Gasteiger partial charge in [0.05, 0.1) is 16.1 Å². The highest BCUT2D eigenvalue weighted by atomic mass is 32.2. The van der Waals surface area contributed by atoms with E-state index in [9.17, 15) is 23.1 Å². The number of unbranched alkanes of at least 4 members (excludes halogenated alkanes) is 9. The van der Waals surface area contributed by atoms with Gasteiger partial charge in [0.25, 0.3) is 15.9 Å². The van der Waals surface area contributed by atoms with E-state index in [1.807, 2.05) is 0 Å². The van der Waals surface area contributed by atoms with Crippen LogP contribution in [0.2, 0.25) is 0 Å². The molecule has 2 amide bonds. The summed E-state index contributed by atoms with van der Waals surface area (Å²) in [5.74, 6) is -0.799. The second-order valence-electron chi connectivity index (χ2n) is 11.1. The monoisotopic (exact) mass is 595 g/mol. The minimum absolute atomic E-state index is 0.000973. The first kappa shape index (κ1) is 32.9. The van der Waals surface area contributed by atoms with Crippen LogP contribution in [0.25, 0.3) is 10.8 Å². The molecule has 0 spiro atoms. The number of phenolic OH excluding ortho intramolecular Hbond substituents is 1. The molecule has 3 aromatic carbocycles. The van der Waals surface area contributed by atoms with Gasteiger partial charge in [0.2, 0.25) is 5.91 Å². The van der Waals surface area contributed by atoms with Crippen LogP contribution in [-0.4, -0.2) is 44.3 Å². The van der Waals surface area contributed by atoms with Gasteiger partial charge in [0.15, 0.2) is 0 Å². The summed E-state index contributed by atoms with van der Waals surface area (Å²) in [6.45, 7) is 3.82. The molecule has 9 heteroatoms. The van der Waals surface area contributed by atoms with Crippen LogP contribution in [0.3, 0.4) is 0 Å². The number of anilines is 2. The van der Waals surface area contributed by atoms with Gasteiger partial charge in [-0.15, -0.1) is 0 Å². The highest BCUT2D eigenvalue weighted by molar-refractivity contribution is 7.93. The van der Waals surface area contributed by atoms with Gasteiger partial charge in [-0.3, -0.25) is 14.3 Å². The fourth-order valence-corrected chi connectivity index (χ4v) is 6.37. The summed E-state index contributed by atoms with van der Waals surface area (Å²) in [5.41, 5.74) is 0.930. The van der Waals surface area contributed by atoms with Gasteiger partial charge in [-0.1, -0.05) is 89.0 Å². The summed E-state index contributed by atoms with van der Waals surface area (Å²) in [6, 6.07) is 13.0. The van der Waals surface area contributed by atoms with Crippen molar-refractivity contribution in [1.29, 1.82) is 0 Å². The average Bonchev–Trinajstić information content (AvgIpc) is 2.95. The summed E-state index contributed by atoms with van der Waals surface area (Å²) in [4.78, 5) is 26.7. The SMILES string of the molecule is CCCCCCCCCCCCC(=O)Nc1cccc2cccc(S(=O)(=O)Nc3cc(C)c(O)c(C(=O)N(C)C)c3)c12. The van der Waals surface area contributed by atoms with Gasteiger partial charge in [0.1, 0.15) is 5.75 Å². The van der Waals surface area contributed by atoms with Crippen LogP contribution in [0.1, 0.15) is 93.5 Å². The zero-order valence-electron chi connectivity index (χ0n) is 25.3. The highest BCUT2D eigenvalue weighted by Gasteiger charge is 2.23. The number of hydrogen-bond donors (Lipinski definition) is 3. The quantitative estimate of drug-likeness (QED) is 0.116. The first-order valence-corrected chi connectivity index (χ1v) is 16.4. The number of nitrogens with one attached hydrogen (secondary N) is 2. The molecule has 228 valence electrons. The minimum atomic E-state index is -4.14. The third-order valence-corrected chi connectivity index (χ3v) is 8.80. The molecule has 0 bridgehead atoms. The summed E-state index contributed by atoms with van der Waals surface area (Å²) < 4.78 is 29.9. The second kappa shape index (κ2) is 15.6. The van der Waals surface area contributed by atoms with E-state index in [0.29, 0.717) is 28.4 Å². The van der Waals surface area contributed by atoms with E-state index in [2.05, 4.69) is 17.0 Å². The van der Waals surface area contributed by atoms with Crippen molar-refractivity contribution < 1.29 is 23.1 Å². The van der Waals surface area contributed by atoms with E-state index < -0.39 is 15.9 Å². The number of phenols is 1. The van der Waals surface area contributed by atoms with Crippen LogP contribution in [-0.2, 0) is 14.8 Å². The molecule has 0 fully saturated rings. The van der Waals surface area contributed by atoms with Crippen molar-refractivity contribution in [3.8, 4) is 5.75 Å². The largest absolute Gasteiger partial charge is 0.507 e. The number of carbonyl (C=O) groups is 2. The Bertz CT molecular complexity index is 1480. The van der Waals surface area contributed by atoms with Crippen molar-refractivity contribution in [2.24, 2.45) is 0 Å². The summed E-state index contributed by atoms with van der Waals surface area (Å²) in [7, 11) is -1.03. The Morgan fingerprint density at radius 3 is 2.07 bits per heavy atom. The first-order valence-electron chi connectivity index (χ1n) is 14.9. The van der Waals surface area contributed by atoms with Crippen molar-refractivity contribution in [2.75, 3.05) is 24.1 Å². The summed E-state index contributed by atoms with van der Waals surface area (Å²) >= 11 is 0. The van der Waals surface area contributed by atoms with Crippen LogP contribution in [0.4, 0.5) is 11.4 Å². The molecular weight excluding hydrogens is 550 g/mol. The van der Waals surface area contributed by atoms with Gasteiger partial charge >= 0.3 is 0 Å². The Balaban J connectivity index is 1.71. The normalized spacial score (nSPS) is 11.4. The van der Waals surface area contributed by atoms with Crippen molar-refractivity contribution in [3.63, 3.8) is 0 Å². The van der Waals surface area contributed by atoms with Gasteiger partial charge in [-0.2, -0.15) is 0 Å². The van der Waals surface area contributed by atoms with Crippen LogP contribution in [0.15, 0.2) is 53.4 Å². The Kier molecular flexibility index (Phi) is 12.2. The molecular formula is C33H45N3O5S. The number of rotatable bonds is 16. The minimum Gasteiger partial charge on any atom is -0.507 e. The maximum absolute atomic E-state index is 13.7. The molecule has 42 heavy (non-hydrogen) atoms. The number of hydrogen-bond acceptors (Lipinski definition) is 5. The zero-order valence-corrected chi connectivity index (χ0v) is 26.1. The third kappa shape index (κ3) is 8.95. The standard InChI is InChI=1S/C33H45N3O5S/c1-5-6-7-8-9-10-11-12-13-14-21-30(37)34-28-19-15-17-25-18-16-20-29(31(25)28)42(40,41)35-26-22-24(2)32(38)27(23-26)33(39)36(3)4/h15-20,22-23,35,38H,5-14,21H2,1-4H3,(H,34,37). The van der Waals surface area contributed by atoms with E-state index in [4.69, 9.17) is 0 Å². The topological polar surface area (TPSA) is 116 Å². The predicted molar refractivity (Wildman–Crippen MR) is 171 cm³/mol. The Labute approximate surface area is 250 Å². The lowest BCUT2D eigenvalue weighted by Gasteiger charge is -2.17. The van der Waals surface area contributed by atoms with E-state index in [1.165, 1.54) is 68.0 Å². The third-order valence-electron chi connectivity index (χ3n) is 7.38. The van der Waals surface area contributed by atoms with Crippen molar-refractivity contribution in [2.45, 2.75) is 89.4 Å². The number of benzene rings is 3. The molecule has 0 aromatic heterocycles. The van der Waals surface area contributed by atoms with Crippen LogP contribution in [0, 0.1) is 6.92 Å². The Morgan fingerprint density at radius 1 is 0.857 bits per heavy atom. The van der Waals surface area contributed by atoms with Crippen molar-refractivity contribution in [3.05, 3.63) is 59.7 Å². The van der Waals surface area contributed by atoms with Gasteiger partial charge in [-0.05, 0) is 48.6 Å². The second-order valence-corrected chi connectivity index (χ2v) is 12.8. The number of aryl methyl sites for hydroxylation is 1.